The summed E-state index contributed by atoms with van der Waals surface area (Å²) in [6.07, 6.45) is 0. The average Bonchev–Trinajstić information content (AvgIpc) is 2.37. The van der Waals surface area contributed by atoms with E-state index in [1.54, 1.807) is 63.2 Å². The molecule has 2 N–H and O–H groups in total. The van der Waals surface area contributed by atoms with Gasteiger partial charge in [-0.1, -0.05) is 30.3 Å². The van der Waals surface area contributed by atoms with Crippen molar-refractivity contribution in [3.8, 4) is 16.9 Å². The Balaban J connectivity index is 2.46. The summed E-state index contributed by atoms with van der Waals surface area (Å²) in [7, 11) is -3.59. The minimum atomic E-state index is -3.59. The number of hydrogen-bond acceptors (Lipinski definition) is 3. The zero-order chi connectivity index (χ0) is 15.7. The van der Waals surface area contributed by atoms with Gasteiger partial charge in [-0.05, 0) is 44.5 Å². The first-order valence-corrected chi connectivity index (χ1v) is 8.10. The van der Waals surface area contributed by atoms with Crippen LogP contribution in [0.2, 0.25) is 0 Å². The Morgan fingerprint density at radius 1 is 1.00 bits per heavy atom. The molecule has 0 fully saturated rings. The number of phenolic OH excluding ortho intramolecular Hbond substituents is 1. The molecule has 4 nitrogen and oxygen atoms in total. The summed E-state index contributed by atoms with van der Waals surface area (Å²) in [6.45, 7) is 5.37. The van der Waals surface area contributed by atoms with E-state index < -0.39 is 15.6 Å². The van der Waals surface area contributed by atoms with Gasteiger partial charge in [0.1, 0.15) is 5.75 Å². The third kappa shape index (κ3) is 3.83. The average molecular weight is 305 g/mol. The van der Waals surface area contributed by atoms with Gasteiger partial charge in [-0.25, -0.2) is 13.1 Å². The summed E-state index contributed by atoms with van der Waals surface area (Å²) < 4.78 is 27.3. The fourth-order valence-corrected chi connectivity index (χ4v) is 3.47. The molecule has 0 aliphatic rings. The zero-order valence-corrected chi connectivity index (χ0v) is 13.1. The van der Waals surface area contributed by atoms with Crippen molar-refractivity contribution in [3.63, 3.8) is 0 Å². The highest BCUT2D eigenvalue weighted by atomic mass is 32.2. The van der Waals surface area contributed by atoms with E-state index in [-0.39, 0.29) is 10.6 Å². The van der Waals surface area contributed by atoms with Gasteiger partial charge in [-0.3, -0.25) is 0 Å². The first-order valence-electron chi connectivity index (χ1n) is 6.61. The highest BCUT2D eigenvalue weighted by Gasteiger charge is 2.22. The highest BCUT2D eigenvalue weighted by molar-refractivity contribution is 7.89. The predicted molar refractivity (Wildman–Crippen MR) is 83.6 cm³/mol. The molecule has 5 heteroatoms. The molecule has 0 aliphatic carbocycles. The van der Waals surface area contributed by atoms with E-state index in [0.29, 0.717) is 11.1 Å². The van der Waals surface area contributed by atoms with Crippen molar-refractivity contribution in [3.05, 3.63) is 48.5 Å². The quantitative estimate of drug-likeness (QED) is 0.915. The number of benzene rings is 2. The van der Waals surface area contributed by atoms with Crippen LogP contribution in [0.4, 0.5) is 0 Å². The Morgan fingerprint density at radius 2 is 1.67 bits per heavy atom. The highest BCUT2D eigenvalue weighted by Crippen LogP contribution is 2.30. The van der Waals surface area contributed by atoms with Gasteiger partial charge in [0, 0.05) is 11.1 Å². The fraction of sp³-hybridized carbons (Fsp3) is 0.250. The van der Waals surface area contributed by atoms with Gasteiger partial charge in [0.2, 0.25) is 10.0 Å². The lowest BCUT2D eigenvalue weighted by Crippen LogP contribution is -2.40. The molecule has 2 rings (SSSR count). The molecule has 0 unspecified atom stereocenters. The van der Waals surface area contributed by atoms with Crippen LogP contribution in [-0.4, -0.2) is 19.1 Å². The smallest absolute Gasteiger partial charge is 0.241 e. The molecular formula is C16H19NO3S. The fourth-order valence-electron chi connectivity index (χ4n) is 2.01. The minimum Gasteiger partial charge on any atom is -0.507 e. The van der Waals surface area contributed by atoms with Crippen LogP contribution in [0.15, 0.2) is 53.4 Å². The second-order valence-corrected chi connectivity index (χ2v) is 7.58. The molecule has 0 aliphatic heterocycles. The topological polar surface area (TPSA) is 66.4 Å². The first-order chi connectivity index (χ1) is 9.69. The maximum Gasteiger partial charge on any atom is 0.241 e. The molecule has 0 saturated heterocycles. The molecule has 2 aromatic carbocycles. The standard InChI is InChI=1S/C16H19NO3S/c1-16(2,3)17-21(19,20)13-8-6-7-12(11-13)14-9-4-5-10-15(14)18/h4-11,17-18H,1-3H3. The molecule has 0 atom stereocenters. The van der Waals surface area contributed by atoms with Crippen molar-refractivity contribution in [1.82, 2.24) is 4.72 Å². The molecule has 0 amide bonds. The second kappa shape index (κ2) is 5.50. The second-order valence-electron chi connectivity index (χ2n) is 5.90. The summed E-state index contributed by atoms with van der Waals surface area (Å²) in [5, 5.41) is 9.88. The number of sulfonamides is 1. The van der Waals surface area contributed by atoms with Gasteiger partial charge in [0.25, 0.3) is 0 Å². The monoisotopic (exact) mass is 305 g/mol. The van der Waals surface area contributed by atoms with E-state index in [0.717, 1.165) is 0 Å². The normalized spacial score (nSPS) is 12.3. The van der Waals surface area contributed by atoms with E-state index in [1.165, 1.54) is 6.07 Å². The Hall–Kier alpha value is -1.85. The first kappa shape index (κ1) is 15.5. The van der Waals surface area contributed by atoms with E-state index in [1.807, 2.05) is 0 Å². The lowest BCUT2D eigenvalue weighted by Gasteiger charge is -2.20. The van der Waals surface area contributed by atoms with Crippen molar-refractivity contribution in [2.24, 2.45) is 0 Å². The Labute approximate surface area is 125 Å². The van der Waals surface area contributed by atoms with Crippen LogP contribution in [0.25, 0.3) is 11.1 Å². The summed E-state index contributed by atoms with van der Waals surface area (Å²) >= 11 is 0. The molecule has 0 spiro atoms. The van der Waals surface area contributed by atoms with Crippen molar-refractivity contribution in [2.45, 2.75) is 31.2 Å². The number of hydrogen-bond donors (Lipinski definition) is 2. The molecular weight excluding hydrogens is 286 g/mol. The summed E-state index contributed by atoms with van der Waals surface area (Å²) in [6, 6.07) is 13.4. The van der Waals surface area contributed by atoms with Gasteiger partial charge >= 0.3 is 0 Å². The molecule has 0 heterocycles. The van der Waals surface area contributed by atoms with E-state index in [2.05, 4.69) is 4.72 Å². The van der Waals surface area contributed by atoms with Gasteiger partial charge in [-0.15, -0.1) is 0 Å². The molecule has 0 saturated carbocycles. The summed E-state index contributed by atoms with van der Waals surface area (Å²) in [4.78, 5) is 0.179. The predicted octanol–water partition coefficient (Wildman–Crippen LogP) is 3.14. The SMILES string of the molecule is CC(C)(C)NS(=O)(=O)c1cccc(-c2ccccc2O)c1. The number of phenols is 1. The molecule has 0 aromatic heterocycles. The Kier molecular flexibility index (Phi) is 4.07. The molecule has 0 radical (unpaired) electrons. The van der Waals surface area contributed by atoms with Crippen LogP contribution in [0.1, 0.15) is 20.8 Å². The van der Waals surface area contributed by atoms with E-state index in [9.17, 15) is 13.5 Å². The van der Waals surface area contributed by atoms with Gasteiger partial charge in [0.05, 0.1) is 4.90 Å². The van der Waals surface area contributed by atoms with E-state index in [4.69, 9.17) is 0 Å². The summed E-state index contributed by atoms with van der Waals surface area (Å²) in [5.41, 5.74) is 0.708. The maximum atomic E-state index is 12.3. The number of rotatable bonds is 3. The van der Waals surface area contributed by atoms with Crippen LogP contribution in [-0.2, 0) is 10.0 Å². The van der Waals surface area contributed by atoms with E-state index >= 15 is 0 Å². The van der Waals surface area contributed by atoms with Crippen LogP contribution in [0, 0.1) is 0 Å². The third-order valence-electron chi connectivity index (χ3n) is 2.80. The number of para-hydroxylation sites is 1. The molecule has 0 bridgehead atoms. The largest absolute Gasteiger partial charge is 0.507 e. The number of aromatic hydroxyl groups is 1. The Bertz CT molecular complexity index is 746. The van der Waals surface area contributed by atoms with Gasteiger partial charge in [0.15, 0.2) is 0 Å². The van der Waals surface area contributed by atoms with Crippen molar-refractivity contribution >= 4 is 10.0 Å². The van der Waals surface area contributed by atoms with Crippen molar-refractivity contribution in [2.75, 3.05) is 0 Å². The lowest BCUT2D eigenvalue weighted by molar-refractivity contribution is 0.477. The van der Waals surface area contributed by atoms with Crippen LogP contribution < -0.4 is 4.72 Å². The Morgan fingerprint density at radius 3 is 2.29 bits per heavy atom. The molecule has 21 heavy (non-hydrogen) atoms. The van der Waals surface area contributed by atoms with Crippen LogP contribution in [0.5, 0.6) is 5.75 Å². The van der Waals surface area contributed by atoms with Crippen molar-refractivity contribution in [1.29, 1.82) is 0 Å². The van der Waals surface area contributed by atoms with Crippen LogP contribution >= 0.6 is 0 Å². The molecule has 2 aromatic rings. The van der Waals surface area contributed by atoms with Gasteiger partial charge < -0.3 is 5.11 Å². The lowest BCUT2D eigenvalue weighted by atomic mass is 10.1. The summed E-state index contributed by atoms with van der Waals surface area (Å²) in [5.74, 6) is 0.121. The van der Waals surface area contributed by atoms with Crippen molar-refractivity contribution < 1.29 is 13.5 Å². The molecule has 112 valence electrons. The van der Waals surface area contributed by atoms with Gasteiger partial charge in [-0.2, -0.15) is 0 Å². The minimum absolute atomic E-state index is 0.121. The zero-order valence-electron chi connectivity index (χ0n) is 12.3. The maximum absolute atomic E-state index is 12.3. The number of nitrogens with one attached hydrogen (secondary N) is 1. The van der Waals surface area contributed by atoms with Crippen LogP contribution in [0.3, 0.4) is 0 Å². The third-order valence-corrected chi connectivity index (χ3v) is 4.56.